The largest absolute Gasteiger partial charge is 0.478 e. The maximum absolute atomic E-state index is 14.0. The van der Waals surface area contributed by atoms with Crippen LogP contribution in [0.2, 0.25) is 0 Å². The van der Waals surface area contributed by atoms with Crippen molar-refractivity contribution in [1.29, 1.82) is 0 Å². The summed E-state index contributed by atoms with van der Waals surface area (Å²) < 4.78 is 1.93. The number of rotatable bonds is 8. The lowest BCUT2D eigenvalue weighted by Crippen LogP contribution is -2.36. The lowest BCUT2D eigenvalue weighted by Gasteiger charge is -2.30. The van der Waals surface area contributed by atoms with Crippen LogP contribution in [0.15, 0.2) is 109 Å². The average molecular weight is 756 g/mol. The van der Waals surface area contributed by atoms with E-state index in [1.807, 2.05) is 35.5 Å². The third-order valence-corrected chi connectivity index (χ3v) is 11.0. The van der Waals surface area contributed by atoms with Crippen LogP contribution in [0, 0.1) is 20.2 Å². The third kappa shape index (κ3) is 6.54. The molecule has 7 rings (SSSR count). The Kier molecular flexibility index (Phi) is 9.28. The molecule has 282 valence electrons. The molecule has 3 aliphatic rings. The van der Waals surface area contributed by atoms with Crippen molar-refractivity contribution in [3.8, 4) is 0 Å². The molecular weight excluding hydrogens is 720 g/mol. The number of allylic oxidation sites excluding steroid dienone is 4. The van der Waals surface area contributed by atoms with Crippen LogP contribution in [-0.4, -0.2) is 53.9 Å². The molecule has 0 aromatic heterocycles. The number of nitro groups is 2. The first-order chi connectivity index (χ1) is 26.6. The molecular formula is C42H35N4O10+. The minimum absolute atomic E-state index is 0.102. The van der Waals surface area contributed by atoms with Gasteiger partial charge in [0, 0.05) is 83.7 Å². The third-order valence-electron chi connectivity index (χ3n) is 11.0. The van der Waals surface area contributed by atoms with Gasteiger partial charge in [-0.15, -0.1) is 0 Å². The number of nitrogens with zero attached hydrogens (tertiary/aromatic N) is 4. The number of anilines is 1. The van der Waals surface area contributed by atoms with Gasteiger partial charge in [0.15, 0.2) is 12.3 Å². The van der Waals surface area contributed by atoms with E-state index in [2.05, 4.69) is 0 Å². The summed E-state index contributed by atoms with van der Waals surface area (Å²) in [4.78, 5) is 76.0. The number of Topliss-reactive ketones (excluding diaryl/α,β-unsaturated/α-hetero) is 2. The number of carbonyl (C=O) groups is 4. The van der Waals surface area contributed by atoms with Crippen LogP contribution in [0.5, 0.6) is 0 Å². The van der Waals surface area contributed by atoms with Crippen molar-refractivity contribution in [2.75, 3.05) is 4.90 Å². The summed E-state index contributed by atoms with van der Waals surface area (Å²) >= 11 is 0. The number of hydrogen-bond donors (Lipinski definition) is 2. The standard InChI is InChI=1S/C42H34N4O10/c1-41-21-31(47)20-32(48)22-42(2)34-19-30(46(55)56)15-17-36(34)44(24-26-8-12-28(13-9-26)40(51)52)38(42)5-3-4-37(41)43(23-25-6-10-27(11-7-25)39(49)50)35-16-14-29(45(53)54)18-33(35)41/h3-19H,20-24H2,1-2H3,(H-,49,50,51,52)/p+1. The molecule has 0 bridgehead atoms. The Morgan fingerprint density at radius 2 is 1.29 bits per heavy atom. The first kappa shape index (κ1) is 37.2. The predicted octanol–water partition coefficient (Wildman–Crippen LogP) is 7.20. The Hall–Kier alpha value is -7.09. The van der Waals surface area contributed by atoms with Gasteiger partial charge in [-0.05, 0) is 61.4 Å². The second-order valence-electron chi connectivity index (χ2n) is 14.7. The molecule has 2 N–H and O–H groups in total. The Labute approximate surface area is 319 Å². The molecule has 0 saturated heterocycles. The highest BCUT2D eigenvalue weighted by molar-refractivity contribution is 6.09. The van der Waals surface area contributed by atoms with Crippen molar-refractivity contribution in [3.05, 3.63) is 162 Å². The highest BCUT2D eigenvalue weighted by Crippen LogP contribution is 2.52. The first-order valence-electron chi connectivity index (χ1n) is 17.7. The summed E-state index contributed by atoms with van der Waals surface area (Å²) in [6, 6.07) is 21.6. The zero-order valence-corrected chi connectivity index (χ0v) is 30.3. The van der Waals surface area contributed by atoms with Crippen LogP contribution in [0.3, 0.4) is 0 Å². The maximum Gasteiger partial charge on any atom is 0.335 e. The zero-order chi connectivity index (χ0) is 40.1. The van der Waals surface area contributed by atoms with Crippen LogP contribution in [0.25, 0.3) is 0 Å². The molecule has 1 aliphatic carbocycles. The van der Waals surface area contributed by atoms with E-state index in [-0.39, 0.29) is 48.4 Å². The summed E-state index contributed by atoms with van der Waals surface area (Å²) in [5.41, 5.74) is 2.57. The van der Waals surface area contributed by atoms with E-state index in [1.165, 1.54) is 48.5 Å². The minimum atomic E-state index is -1.12. The van der Waals surface area contributed by atoms with Crippen molar-refractivity contribution in [2.24, 2.45) is 0 Å². The molecule has 0 amide bonds. The van der Waals surface area contributed by atoms with Gasteiger partial charge in [-0.1, -0.05) is 30.3 Å². The number of non-ortho nitro benzene ring substituents is 2. The van der Waals surface area contributed by atoms with Gasteiger partial charge in [-0.25, -0.2) is 9.59 Å². The molecule has 4 aromatic rings. The van der Waals surface area contributed by atoms with Gasteiger partial charge in [0.2, 0.25) is 5.69 Å². The van der Waals surface area contributed by atoms with Gasteiger partial charge in [0.1, 0.15) is 11.6 Å². The number of aromatic carboxylic acids is 2. The molecule has 0 saturated carbocycles. The quantitative estimate of drug-likeness (QED) is 0.0797. The number of carboxylic acid groups (broad SMARTS) is 2. The summed E-state index contributed by atoms with van der Waals surface area (Å²) in [6.45, 7) is 4.06. The Bertz CT molecular complexity index is 2490. The van der Waals surface area contributed by atoms with Crippen LogP contribution < -0.4 is 4.90 Å². The number of hydrogen-bond acceptors (Lipinski definition) is 9. The molecule has 2 unspecified atom stereocenters. The Balaban J connectivity index is 1.43. The fourth-order valence-electron chi connectivity index (χ4n) is 8.26. The molecule has 2 heterocycles. The summed E-state index contributed by atoms with van der Waals surface area (Å²) in [5, 5.41) is 42.9. The van der Waals surface area contributed by atoms with Gasteiger partial charge in [0.25, 0.3) is 11.4 Å². The van der Waals surface area contributed by atoms with Crippen molar-refractivity contribution in [3.63, 3.8) is 0 Å². The first-order valence-corrected chi connectivity index (χ1v) is 17.7. The molecule has 14 heteroatoms. The van der Waals surface area contributed by atoms with E-state index < -0.39 is 50.6 Å². The molecule has 0 fully saturated rings. The van der Waals surface area contributed by atoms with Gasteiger partial charge >= 0.3 is 11.9 Å². The van der Waals surface area contributed by atoms with E-state index >= 15 is 0 Å². The van der Waals surface area contributed by atoms with Gasteiger partial charge in [0.05, 0.1) is 32.8 Å². The van der Waals surface area contributed by atoms with E-state index in [0.29, 0.717) is 33.9 Å². The summed E-state index contributed by atoms with van der Waals surface area (Å²) in [5.74, 6) is -2.95. The highest BCUT2D eigenvalue weighted by atomic mass is 16.6. The average Bonchev–Trinajstić information content (AvgIpc) is 3.50. The lowest BCUT2D eigenvalue weighted by atomic mass is 9.73. The smallest absolute Gasteiger partial charge is 0.335 e. The van der Waals surface area contributed by atoms with Crippen LogP contribution in [-0.2, 0) is 33.5 Å². The van der Waals surface area contributed by atoms with Crippen molar-refractivity contribution >= 4 is 52.0 Å². The van der Waals surface area contributed by atoms with Crippen LogP contribution >= 0.6 is 0 Å². The lowest BCUT2D eigenvalue weighted by molar-refractivity contribution is -0.455. The van der Waals surface area contributed by atoms with E-state index in [1.54, 1.807) is 42.5 Å². The topological polar surface area (TPSA) is 201 Å². The van der Waals surface area contributed by atoms with Crippen molar-refractivity contribution in [2.45, 2.75) is 57.0 Å². The maximum atomic E-state index is 14.0. The van der Waals surface area contributed by atoms with Gasteiger partial charge in [-0.2, -0.15) is 4.58 Å². The number of carbonyl (C=O) groups excluding carboxylic acids is 2. The van der Waals surface area contributed by atoms with Crippen molar-refractivity contribution in [1.82, 2.24) is 0 Å². The number of fused-ring (bicyclic) bond motifs is 6. The molecule has 14 nitrogen and oxygen atoms in total. The molecule has 0 spiro atoms. The van der Waals surface area contributed by atoms with Crippen LogP contribution in [0.4, 0.5) is 22.7 Å². The number of ketones is 2. The van der Waals surface area contributed by atoms with Gasteiger partial charge in [-0.3, -0.25) is 29.8 Å². The molecule has 4 aromatic carbocycles. The molecule has 0 radical (unpaired) electrons. The molecule has 2 aliphatic heterocycles. The number of carboxylic acids is 2. The Morgan fingerprint density at radius 1 is 0.750 bits per heavy atom. The van der Waals surface area contributed by atoms with Gasteiger partial charge < -0.3 is 15.1 Å². The normalized spacial score (nSPS) is 21.2. The SMILES string of the molecule is CC12CC(=O)CC(=O)CC3(C)/C(=C\C=CC1=[N+](Cc1ccc(C(=O)O)cc1)c1ccc([N+](=O)[O-])cc12)N(Cc1ccc(C(=O)O)cc1)c1ccc([N+](=O)[O-])cc13. The second kappa shape index (κ2) is 14.0. The highest BCUT2D eigenvalue weighted by Gasteiger charge is 2.51. The van der Waals surface area contributed by atoms with Crippen LogP contribution in [0.1, 0.15) is 76.1 Å². The fourth-order valence-corrected chi connectivity index (χ4v) is 8.26. The second-order valence-corrected chi connectivity index (χ2v) is 14.7. The number of nitro benzene ring substituents is 2. The monoisotopic (exact) mass is 755 g/mol. The minimum Gasteiger partial charge on any atom is -0.478 e. The van der Waals surface area contributed by atoms with E-state index in [9.17, 15) is 49.6 Å². The Morgan fingerprint density at radius 3 is 1.86 bits per heavy atom. The molecule has 56 heavy (non-hydrogen) atoms. The van der Waals surface area contributed by atoms with E-state index in [0.717, 1.165) is 11.1 Å². The number of benzene rings is 4. The van der Waals surface area contributed by atoms with E-state index in [4.69, 9.17) is 0 Å². The summed E-state index contributed by atoms with van der Waals surface area (Å²) in [7, 11) is 0. The molecule has 2 atom stereocenters. The summed E-state index contributed by atoms with van der Waals surface area (Å²) in [6.07, 6.45) is 4.67. The predicted molar refractivity (Wildman–Crippen MR) is 204 cm³/mol. The zero-order valence-electron chi connectivity index (χ0n) is 30.3. The van der Waals surface area contributed by atoms with Crippen molar-refractivity contribution < 1.29 is 43.8 Å². The fraction of sp³-hybridized carbons (Fsp3) is 0.214.